The third-order valence-electron chi connectivity index (χ3n) is 19.4. The smallest absolute Gasteiger partial charge is 0.309 e. The molecule has 0 fully saturated rings. The van der Waals surface area contributed by atoms with Gasteiger partial charge in [0.2, 0.25) is 0 Å². The summed E-state index contributed by atoms with van der Waals surface area (Å²) in [5.41, 5.74) is -1.22. The maximum Gasteiger partial charge on any atom is 0.309 e. The largest absolute Gasteiger partial charge is 0.481 e. The number of rotatable bonds is 52. The highest BCUT2D eigenvalue weighted by molar-refractivity contribution is 5.81. The third-order valence-corrected chi connectivity index (χ3v) is 19.4. The minimum Gasteiger partial charge on any atom is -0.481 e. The maximum absolute atomic E-state index is 11.4. The summed E-state index contributed by atoms with van der Waals surface area (Å²) in [5.74, 6) is -2.06. The Kier molecular flexibility index (Phi) is 51.8. The summed E-state index contributed by atoms with van der Waals surface area (Å²) < 4.78 is 0. The molecule has 0 amide bonds. The second-order valence-electron chi connectivity index (χ2n) is 32.7. The second kappa shape index (κ2) is 49.4. The number of Topliss-reactive ketones (excluding diaryl/α,β-unsaturated/α-hetero) is 1. The second-order valence-corrected chi connectivity index (χ2v) is 32.7. The fourth-order valence-corrected chi connectivity index (χ4v) is 10.0. The van der Waals surface area contributed by atoms with E-state index in [9.17, 15) is 49.8 Å². The van der Waals surface area contributed by atoms with Crippen molar-refractivity contribution in [3.05, 3.63) is 0 Å². The van der Waals surface area contributed by atoms with Crippen LogP contribution in [0.5, 0.6) is 0 Å². The van der Waals surface area contributed by atoms with Crippen LogP contribution in [0.1, 0.15) is 376 Å². The number of ketones is 1. The Labute approximate surface area is 543 Å². The number of carbonyl (C=O) groups is 4. The Morgan fingerprint density at radius 2 is 0.443 bits per heavy atom. The molecule has 0 spiro atoms. The van der Waals surface area contributed by atoms with Crippen molar-refractivity contribution in [1.82, 2.24) is 0 Å². The van der Waals surface area contributed by atoms with Crippen molar-refractivity contribution in [2.75, 3.05) is 13.2 Å². The molecule has 0 bridgehead atoms. The average Bonchev–Trinajstić information content (AvgIpc) is 3.56. The molecule has 3 atom stereocenters. The average molecular weight is 1260 g/mol. The molecule has 0 aliphatic carbocycles. The Hall–Kier alpha value is -2.16. The number of carbonyl (C=O) groups excluding carboxylic acids is 1. The Morgan fingerprint density at radius 1 is 0.273 bits per heavy atom. The minimum absolute atomic E-state index is 0.0384. The van der Waals surface area contributed by atoms with Crippen LogP contribution in [0.25, 0.3) is 0 Å². The van der Waals surface area contributed by atoms with Gasteiger partial charge in [-0.3, -0.25) is 19.2 Å². The van der Waals surface area contributed by atoms with E-state index in [0.29, 0.717) is 42.9 Å². The third kappa shape index (κ3) is 55.5. The lowest BCUT2D eigenvalue weighted by atomic mass is 9.83. The molecule has 13 nitrogen and oxygen atoms in total. The molecule has 528 valence electrons. The van der Waals surface area contributed by atoms with Crippen LogP contribution < -0.4 is 0 Å². The van der Waals surface area contributed by atoms with E-state index in [1.54, 1.807) is 48.5 Å². The summed E-state index contributed by atoms with van der Waals surface area (Å²) in [5, 5.41) is 85.3. The lowest BCUT2D eigenvalue weighted by Gasteiger charge is -2.23. The summed E-state index contributed by atoms with van der Waals surface area (Å²) in [6.45, 7) is 38.8. The van der Waals surface area contributed by atoms with E-state index in [0.717, 1.165) is 154 Å². The molecule has 0 saturated heterocycles. The molecule has 0 aromatic rings. The molecular formula is C75H150O13. The number of hydrogen-bond acceptors (Lipinski definition) is 10. The first kappa shape index (κ1) is 92.2. The molecule has 0 radical (unpaired) electrons. The Balaban J connectivity index is -0.000000536. The van der Waals surface area contributed by atoms with Gasteiger partial charge in [-0.1, -0.05) is 224 Å². The van der Waals surface area contributed by atoms with E-state index < -0.39 is 34.2 Å². The molecule has 3 unspecified atom stereocenters. The molecule has 0 aliphatic rings. The highest BCUT2D eigenvalue weighted by Gasteiger charge is 2.29. The predicted molar refractivity (Wildman–Crippen MR) is 369 cm³/mol. The quantitative estimate of drug-likeness (QED) is 0.0257. The Morgan fingerprint density at radius 3 is 0.636 bits per heavy atom. The molecule has 0 aromatic heterocycles. The van der Waals surface area contributed by atoms with Crippen LogP contribution in [-0.2, 0) is 19.2 Å². The fraction of sp³-hybridized carbons (Fsp3) is 0.947. The van der Waals surface area contributed by atoms with Crippen LogP contribution in [0, 0.1) is 43.3 Å². The lowest BCUT2D eigenvalue weighted by molar-refractivity contribution is -0.148. The van der Waals surface area contributed by atoms with Crippen LogP contribution in [0.3, 0.4) is 0 Å². The lowest BCUT2D eigenvalue weighted by Crippen LogP contribution is -2.23. The zero-order chi connectivity index (χ0) is 68.9. The van der Waals surface area contributed by atoms with Gasteiger partial charge in [0, 0.05) is 18.6 Å². The van der Waals surface area contributed by atoms with Crippen molar-refractivity contribution in [2.24, 2.45) is 43.3 Å². The first-order valence-corrected chi connectivity index (χ1v) is 35.6. The summed E-state index contributed by atoms with van der Waals surface area (Å²) in [7, 11) is 0. The van der Waals surface area contributed by atoms with Crippen LogP contribution >= 0.6 is 0 Å². The molecule has 0 saturated carbocycles. The van der Waals surface area contributed by atoms with Gasteiger partial charge in [-0.05, 0) is 173 Å². The van der Waals surface area contributed by atoms with E-state index in [-0.39, 0.29) is 59.7 Å². The maximum atomic E-state index is 11.4. The van der Waals surface area contributed by atoms with Crippen molar-refractivity contribution in [2.45, 2.75) is 400 Å². The minimum atomic E-state index is -0.783. The normalized spacial score (nSPS) is 13.8. The van der Waals surface area contributed by atoms with Crippen LogP contribution in [0.15, 0.2) is 0 Å². The van der Waals surface area contributed by atoms with Crippen molar-refractivity contribution in [3.63, 3.8) is 0 Å². The van der Waals surface area contributed by atoms with E-state index in [1.165, 1.54) is 57.8 Å². The molecule has 9 N–H and O–H groups in total. The summed E-state index contributed by atoms with van der Waals surface area (Å²) >= 11 is 0. The number of hydrogen-bond donors (Lipinski definition) is 9. The first-order valence-electron chi connectivity index (χ1n) is 35.6. The predicted octanol–water partition coefficient (Wildman–Crippen LogP) is 19.3. The molecule has 0 heterocycles. The van der Waals surface area contributed by atoms with Gasteiger partial charge in [0.25, 0.3) is 0 Å². The standard InChI is InChI=1S/C20H38O4.C20H42O2.C18H38O2.C17H32O5/c1-16(21)19(2,3)14-10-6-8-12-17(22)13-9-7-11-15-20(4,5)18(23)24;1-6-19(2,3)15-11-7-9-13-18(22)14-10-8-12-16-20(4,5)17-21;1-6-17(2,3)13-9-7-11-16(20)12-8-10-14-18(4,5)15-19;1-16(2,14(19)20)11-7-5-9-13(18)10-6-8-12-17(3,4)15(21)22/h17,22H,6-15H2,1-5H3,(H,23,24);18,21-22H,6-17H2,1-5H3;16,19-20H,6-15H2,1-5H3;13,18H,5-12H2,1-4H3,(H,19,20)(H,21,22). The zero-order valence-electron chi connectivity index (χ0n) is 61.3. The van der Waals surface area contributed by atoms with Gasteiger partial charge in [0.05, 0.1) is 40.7 Å². The van der Waals surface area contributed by atoms with Gasteiger partial charge in [-0.15, -0.1) is 0 Å². The summed E-state index contributed by atoms with van der Waals surface area (Å²) in [6, 6.07) is 0. The number of aliphatic carboxylic acids is 3. The van der Waals surface area contributed by atoms with Gasteiger partial charge >= 0.3 is 17.9 Å². The van der Waals surface area contributed by atoms with E-state index in [2.05, 4.69) is 69.2 Å². The van der Waals surface area contributed by atoms with E-state index in [4.69, 9.17) is 15.3 Å². The topological polar surface area (TPSA) is 250 Å². The zero-order valence-corrected chi connectivity index (χ0v) is 61.3. The van der Waals surface area contributed by atoms with Crippen molar-refractivity contribution in [1.29, 1.82) is 0 Å². The van der Waals surface area contributed by atoms with Crippen LogP contribution in [-0.4, -0.2) is 107 Å². The first-order chi connectivity index (χ1) is 40.4. The van der Waals surface area contributed by atoms with Crippen molar-refractivity contribution >= 4 is 23.7 Å². The van der Waals surface area contributed by atoms with Gasteiger partial charge in [0.15, 0.2) is 0 Å². The Bertz CT molecular complexity index is 1610. The molecule has 88 heavy (non-hydrogen) atoms. The van der Waals surface area contributed by atoms with Gasteiger partial charge < -0.3 is 46.0 Å². The highest BCUT2D eigenvalue weighted by Crippen LogP contribution is 2.32. The van der Waals surface area contributed by atoms with Crippen molar-refractivity contribution in [3.8, 4) is 0 Å². The molecule has 13 heteroatoms. The van der Waals surface area contributed by atoms with Crippen molar-refractivity contribution < 1.29 is 65.1 Å². The number of aliphatic hydroxyl groups excluding tert-OH is 6. The summed E-state index contributed by atoms with van der Waals surface area (Å²) in [6.07, 6.45) is 36.7. The van der Waals surface area contributed by atoms with E-state index >= 15 is 0 Å². The number of aliphatic hydroxyl groups is 6. The van der Waals surface area contributed by atoms with Crippen LogP contribution in [0.2, 0.25) is 0 Å². The molecule has 0 rings (SSSR count). The number of unbranched alkanes of at least 4 members (excludes halogenated alkanes) is 12. The van der Waals surface area contributed by atoms with E-state index in [1.807, 2.05) is 13.8 Å². The fourth-order valence-electron chi connectivity index (χ4n) is 10.0. The van der Waals surface area contributed by atoms with Gasteiger partial charge in [0.1, 0.15) is 5.78 Å². The highest BCUT2D eigenvalue weighted by atomic mass is 16.4. The van der Waals surface area contributed by atoms with Gasteiger partial charge in [-0.25, -0.2) is 0 Å². The SMILES string of the molecule is CC(=O)C(C)(C)CCCCCC(O)CCCCCC(C)(C)C(=O)O.CC(C)(CCCCC(O)CCCCC(C)(C)C(=O)O)C(=O)O.CCC(C)(C)CCCCC(O)CCCCC(C)(C)CO.CCC(C)(C)CCCCCC(O)CCCCCC(C)(C)CO. The number of carboxylic acids is 3. The molecule has 0 aliphatic heterocycles. The van der Waals surface area contributed by atoms with Crippen LogP contribution in [0.4, 0.5) is 0 Å². The molecular weight excluding hydrogens is 1110 g/mol. The molecule has 0 aromatic carbocycles. The van der Waals surface area contributed by atoms with Gasteiger partial charge in [-0.2, -0.15) is 0 Å². The number of carboxylic acid groups (broad SMARTS) is 3. The monoisotopic (exact) mass is 1260 g/mol. The summed E-state index contributed by atoms with van der Waals surface area (Å²) in [4.78, 5) is 44.4.